The number of nitrogens with one attached hydrogen (secondary N) is 1. The van der Waals surface area contributed by atoms with E-state index >= 15 is 0 Å². The summed E-state index contributed by atoms with van der Waals surface area (Å²) in [6.45, 7) is 5.16. The zero-order valence-corrected chi connectivity index (χ0v) is 11.0. The highest BCUT2D eigenvalue weighted by Gasteiger charge is 2.08. The molecule has 3 N–H and O–H groups in total. The molecule has 0 spiro atoms. The SMILES string of the molecule is O=[N+]([O-])O.O=[N+]([O-])O.O=[N+]([O-])OCCCN1CCNCC1. The summed E-state index contributed by atoms with van der Waals surface area (Å²) in [7, 11) is 0. The molecule has 0 saturated carbocycles. The summed E-state index contributed by atoms with van der Waals surface area (Å²) in [4.78, 5) is 33.0. The molecule has 0 amide bonds. The van der Waals surface area contributed by atoms with Crippen LogP contribution in [0.4, 0.5) is 0 Å². The quantitative estimate of drug-likeness (QED) is 0.313. The lowest BCUT2D eigenvalue weighted by atomic mass is 10.3. The average molecular weight is 315 g/mol. The third-order valence-corrected chi connectivity index (χ3v) is 2.02. The Labute approximate surface area is 118 Å². The largest absolute Gasteiger partial charge is 0.328 e. The van der Waals surface area contributed by atoms with Gasteiger partial charge in [0.2, 0.25) is 0 Å². The Morgan fingerprint density at radius 3 is 1.86 bits per heavy atom. The van der Waals surface area contributed by atoms with Crippen molar-refractivity contribution in [3.63, 3.8) is 0 Å². The molecule has 0 aliphatic carbocycles. The molecule has 14 nitrogen and oxygen atoms in total. The van der Waals surface area contributed by atoms with Crippen LogP contribution in [-0.4, -0.2) is 69.9 Å². The van der Waals surface area contributed by atoms with Crippen molar-refractivity contribution in [1.82, 2.24) is 10.2 Å². The van der Waals surface area contributed by atoms with Crippen LogP contribution < -0.4 is 5.32 Å². The Kier molecular flexibility index (Phi) is 13.8. The smallest absolute Gasteiger partial charge is 0.294 e. The minimum absolute atomic E-state index is 0.205. The van der Waals surface area contributed by atoms with E-state index in [0.29, 0.717) is 0 Å². The summed E-state index contributed by atoms with van der Waals surface area (Å²) in [5, 5.41) is 39.6. The van der Waals surface area contributed by atoms with Crippen LogP contribution >= 0.6 is 0 Å². The Bertz CT molecular complexity index is 289. The molecule has 1 saturated heterocycles. The Balaban J connectivity index is 0. The van der Waals surface area contributed by atoms with Gasteiger partial charge in [0.1, 0.15) is 0 Å². The molecule has 1 rings (SSSR count). The summed E-state index contributed by atoms with van der Waals surface area (Å²) in [5.41, 5.74) is 0. The van der Waals surface area contributed by atoms with Crippen molar-refractivity contribution in [1.29, 1.82) is 0 Å². The monoisotopic (exact) mass is 315 g/mol. The molecule has 0 aromatic heterocycles. The molecule has 14 heteroatoms. The molecule has 21 heavy (non-hydrogen) atoms. The molecular weight excluding hydrogens is 298 g/mol. The van der Waals surface area contributed by atoms with E-state index in [4.69, 9.17) is 30.6 Å². The minimum atomic E-state index is -1.50. The highest BCUT2D eigenvalue weighted by Crippen LogP contribution is 1.94. The maximum atomic E-state index is 9.81. The number of nitrogens with zero attached hydrogens (tertiary/aromatic N) is 4. The third-order valence-electron chi connectivity index (χ3n) is 2.02. The van der Waals surface area contributed by atoms with E-state index in [1.807, 2.05) is 0 Å². The summed E-state index contributed by atoms with van der Waals surface area (Å²) in [5.74, 6) is 0. The lowest BCUT2D eigenvalue weighted by Crippen LogP contribution is -2.43. The maximum Gasteiger partial charge on any atom is 0.294 e. The van der Waals surface area contributed by atoms with Gasteiger partial charge in [0.05, 0.1) is 6.61 Å². The second kappa shape index (κ2) is 13.9. The second-order valence-electron chi connectivity index (χ2n) is 3.48. The van der Waals surface area contributed by atoms with Crippen molar-refractivity contribution in [2.45, 2.75) is 6.42 Å². The molecule has 0 radical (unpaired) electrons. The first-order valence-electron chi connectivity index (χ1n) is 5.62. The molecule has 0 bridgehead atoms. The van der Waals surface area contributed by atoms with Gasteiger partial charge in [-0.05, 0) is 6.42 Å². The zero-order chi connectivity index (χ0) is 16.7. The highest BCUT2D eigenvalue weighted by atomic mass is 16.9. The van der Waals surface area contributed by atoms with Gasteiger partial charge >= 0.3 is 0 Å². The molecule has 0 atom stereocenters. The number of hydrogen-bond acceptors (Lipinski definition) is 9. The average Bonchev–Trinajstić information content (AvgIpc) is 2.34. The molecule has 0 aromatic carbocycles. The first-order chi connectivity index (χ1) is 9.75. The fourth-order valence-electron chi connectivity index (χ4n) is 1.36. The van der Waals surface area contributed by atoms with Crippen LogP contribution in [0.5, 0.6) is 0 Å². The Morgan fingerprint density at radius 1 is 1.05 bits per heavy atom. The topological polar surface area (TPSA) is 194 Å². The lowest BCUT2D eigenvalue weighted by molar-refractivity contribution is -0.757. The standard InChI is InChI=1S/C7H15N3O3.2HNO3/c11-10(12)13-7-1-4-9-5-2-8-3-6-9;2*2-1(3)4/h8H,1-7H2;2*(H,2,3,4). The minimum Gasteiger partial charge on any atom is -0.328 e. The van der Waals surface area contributed by atoms with Crippen LogP contribution in [0.3, 0.4) is 0 Å². The van der Waals surface area contributed by atoms with Gasteiger partial charge in [-0.15, -0.1) is 30.3 Å². The van der Waals surface area contributed by atoms with Crippen molar-refractivity contribution in [3.05, 3.63) is 30.3 Å². The zero-order valence-electron chi connectivity index (χ0n) is 11.0. The van der Waals surface area contributed by atoms with Gasteiger partial charge in [0.25, 0.3) is 15.3 Å². The van der Waals surface area contributed by atoms with Crippen molar-refractivity contribution in [3.8, 4) is 0 Å². The molecule has 124 valence electrons. The number of hydrogen-bond donors (Lipinski definition) is 3. The van der Waals surface area contributed by atoms with Crippen LogP contribution in [0, 0.1) is 30.3 Å². The maximum absolute atomic E-state index is 9.81. The highest BCUT2D eigenvalue weighted by molar-refractivity contribution is 4.66. The van der Waals surface area contributed by atoms with Crippen molar-refractivity contribution in [2.24, 2.45) is 0 Å². The van der Waals surface area contributed by atoms with Crippen LogP contribution in [0.25, 0.3) is 0 Å². The van der Waals surface area contributed by atoms with Gasteiger partial charge in [-0.3, -0.25) is 0 Å². The van der Waals surface area contributed by atoms with E-state index in [2.05, 4.69) is 15.1 Å². The molecule has 1 aliphatic rings. The van der Waals surface area contributed by atoms with Crippen LogP contribution in [-0.2, 0) is 4.84 Å². The van der Waals surface area contributed by atoms with Crippen molar-refractivity contribution in [2.75, 3.05) is 39.3 Å². The van der Waals surface area contributed by atoms with Gasteiger partial charge in [0, 0.05) is 32.7 Å². The van der Waals surface area contributed by atoms with Gasteiger partial charge in [-0.2, -0.15) is 0 Å². The second-order valence-corrected chi connectivity index (χ2v) is 3.48. The molecule has 1 fully saturated rings. The predicted molar refractivity (Wildman–Crippen MR) is 64.4 cm³/mol. The molecule has 0 unspecified atom stereocenters. The van der Waals surface area contributed by atoms with Gasteiger partial charge in [0.15, 0.2) is 0 Å². The van der Waals surface area contributed by atoms with Gasteiger partial charge < -0.3 is 25.5 Å². The first kappa shape index (κ1) is 20.8. The first-order valence-corrected chi connectivity index (χ1v) is 5.62. The molecule has 0 aromatic rings. The van der Waals surface area contributed by atoms with Gasteiger partial charge in [-0.1, -0.05) is 0 Å². The normalized spacial score (nSPS) is 13.7. The fourth-order valence-corrected chi connectivity index (χ4v) is 1.36. The molecule has 1 aliphatic heterocycles. The predicted octanol–water partition coefficient (Wildman–Crippen LogP) is -1.21. The van der Waals surface area contributed by atoms with E-state index in [0.717, 1.165) is 39.1 Å². The summed E-state index contributed by atoms with van der Waals surface area (Å²) < 4.78 is 0. The van der Waals surface area contributed by atoms with E-state index < -0.39 is 15.3 Å². The lowest BCUT2D eigenvalue weighted by Gasteiger charge is -2.26. The van der Waals surface area contributed by atoms with E-state index in [-0.39, 0.29) is 6.61 Å². The van der Waals surface area contributed by atoms with E-state index in [1.54, 1.807) is 0 Å². The summed E-state index contributed by atoms with van der Waals surface area (Å²) in [6, 6.07) is 0. The summed E-state index contributed by atoms with van der Waals surface area (Å²) in [6.07, 6.45) is 0.723. The van der Waals surface area contributed by atoms with Crippen molar-refractivity contribution >= 4 is 0 Å². The number of rotatable bonds is 5. The van der Waals surface area contributed by atoms with Crippen molar-refractivity contribution < 1.29 is 30.5 Å². The number of piperazine rings is 1. The Morgan fingerprint density at radius 2 is 1.48 bits per heavy atom. The van der Waals surface area contributed by atoms with Crippen LogP contribution in [0.2, 0.25) is 0 Å². The van der Waals surface area contributed by atoms with Crippen LogP contribution in [0.1, 0.15) is 6.42 Å². The Hall–Kier alpha value is -2.48. The summed E-state index contributed by atoms with van der Waals surface area (Å²) >= 11 is 0. The fraction of sp³-hybridized carbons (Fsp3) is 1.00. The van der Waals surface area contributed by atoms with Crippen LogP contribution in [0.15, 0.2) is 0 Å². The van der Waals surface area contributed by atoms with Gasteiger partial charge in [-0.25, -0.2) is 0 Å². The van der Waals surface area contributed by atoms with E-state index in [9.17, 15) is 10.1 Å². The molecule has 1 heterocycles. The molecular formula is C7H17N5O9. The third kappa shape index (κ3) is 26.9. The van der Waals surface area contributed by atoms with E-state index in [1.165, 1.54) is 0 Å².